The van der Waals surface area contributed by atoms with Gasteiger partial charge in [0.15, 0.2) is 12.2 Å². The standard InChI is InChI=1S/C13H12N2O4/c1-8(7-14)18-12(16)6-11-13(17)15-9-4-2-3-5-10(9)19-11/h2-5,8,11H,6H2,1H3,(H,15,17). The number of carbonyl (C=O) groups is 2. The Bertz CT molecular complexity index is 550. The lowest BCUT2D eigenvalue weighted by Crippen LogP contribution is -2.39. The van der Waals surface area contributed by atoms with Crippen molar-refractivity contribution in [3.8, 4) is 11.8 Å². The van der Waals surface area contributed by atoms with Crippen LogP contribution in [0, 0.1) is 11.3 Å². The molecule has 0 saturated heterocycles. The minimum atomic E-state index is -0.937. The van der Waals surface area contributed by atoms with E-state index in [1.54, 1.807) is 30.3 Å². The SMILES string of the molecule is CC(C#N)OC(=O)CC1Oc2ccccc2NC1=O. The second-order valence-corrected chi connectivity index (χ2v) is 4.06. The van der Waals surface area contributed by atoms with Gasteiger partial charge in [-0.25, -0.2) is 0 Å². The van der Waals surface area contributed by atoms with E-state index in [0.29, 0.717) is 11.4 Å². The Labute approximate surface area is 109 Å². The Morgan fingerprint density at radius 3 is 3.05 bits per heavy atom. The molecule has 2 unspecified atom stereocenters. The number of fused-ring (bicyclic) bond motifs is 1. The molecule has 98 valence electrons. The molecule has 0 aromatic heterocycles. The van der Waals surface area contributed by atoms with Crippen molar-refractivity contribution in [1.82, 2.24) is 0 Å². The van der Waals surface area contributed by atoms with Gasteiger partial charge in [0.05, 0.1) is 12.1 Å². The van der Waals surface area contributed by atoms with Crippen LogP contribution in [0.1, 0.15) is 13.3 Å². The fourth-order valence-corrected chi connectivity index (χ4v) is 1.65. The first-order valence-corrected chi connectivity index (χ1v) is 5.76. The molecule has 1 aromatic rings. The van der Waals surface area contributed by atoms with E-state index in [0.717, 1.165) is 0 Å². The first-order chi connectivity index (χ1) is 9.10. The van der Waals surface area contributed by atoms with E-state index < -0.39 is 24.1 Å². The van der Waals surface area contributed by atoms with Gasteiger partial charge in [0.2, 0.25) is 0 Å². The van der Waals surface area contributed by atoms with Crippen LogP contribution in [-0.4, -0.2) is 24.1 Å². The van der Waals surface area contributed by atoms with Crippen molar-refractivity contribution >= 4 is 17.6 Å². The number of nitrogens with zero attached hydrogens (tertiary/aromatic N) is 1. The molecule has 0 fully saturated rings. The summed E-state index contributed by atoms with van der Waals surface area (Å²) in [5, 5.41) is 11.2. The lowest BCUT2D eigenvalue weighted by atomic mass is 10.1. The molecule has 1 aliphatic rings. The number of esters is 1. The highest BCUT2D eigenvalue weighted by atomic mass is 16.5. The molecule has 1 N–H and O–H groups in total. The van der Waals surface area contributed by atoms with Crippen LogP contribution in [0.2, 0.25) is 0 Å². The van der Waals surface area contributed by atoms with Crippen LogP contribution in [0.5, 0.6) is 5.75 Å². The van der Waals surface area contributed by atoms with Gasteiger partial charge in [0.1, 0.15) is 11.8 Å². The van der Waals surface area contributed by atoms with E-state index in [-0.39, 0.29) is 6.42 Å². The van der Waals surface area contributed by atoms with E-state index in [1.807, 2.05) is 0 Å². The van der Waals surface area contributed by atoms with Crippen LogP contribution in [0.3, 0.4) is 0 Å². The smallest absolute Gasteiger partial charge is 0.311 e. The summed E-state index contributed by atoms with van der Waals surface area (Å²) in [6.07, 6.45) is -2.01. The second kappa shape index (κ2) is 5.40. The molecule has 1 heterocycles. The second-order valence-electron chi connectivity index (χ2n) is 4.06. The maximum Gasteiger partial charge on any atom is 0.311 e. The fraction of sp³-hybridized carbons (Fsp3) is 0.308. The summed E-state index contributed by atoms with van der Waals surface area (Å²) in [5.41, 5.74) is 0.572. The molecule has 1 amide bonds. The molecular formula is C13H12N2O4. The molecule has 0 radical (unpaired) electrons. The maximum absolute atomic E-state index is 11.7. The van der Waals surface area contributed by atoms with Crippen LogP contribution in [0.15, 0.2) is 24.3 Å². The predicted molar refractivity (Wildman–Crippen MR) is 65.3 cm³/mol. The first-order valence-electron chi connectivity index (χ1n) is 5.76. The molecule has 1 aromatic carbocycles. The van der Waals surface area contributed by atoms with Gasteiger partial charge in [-0.1, -0.05) is 12.1 Å². The Kier molecular flexibility index (Phi) is 3.66. The monoisotopic (exact) mass is 260 g/mol. The first kappa shape index (κ1) is 12.9. The van der Waals surface area contributed by atoms with Gasteiger partial charge >= 0.3 is 5.97 Å². The number of anilines is 1. The summed E-state index contributed by atoms with van der Waals surface area (Å²) in [6.45, 7) is 1.45. The van der Waals surface area contributed by atoms with Crippen LogP contribution < -0.4 is 10.1 Å². The third-order valence-corrected chi connectivity index (χ3v) is 2.55. The Balaban J connectivity index is 2.01. The molecular weight excluding hydrogens is 248 g/mol. The van der Waals surface area contributed by atoms with Crippen molar-refractivity contribution in [3.63, 3.8) is 0 Å². The number of benzene rings is 1. The fourth-order valence-electron chi connectivity index (χ4n) is 1.65. The van der Waals surface area contributed by atoms with Gasteiger partial charge in [0.25, 0.3) is 5.91 Å². The van der Waals surface area contributed by atoms with E-state index in [9.17, 15) is 9.59 Å². The van der Waals surface area contributed by atoms with E-state index >= 15 is 0 Å². The average Bonchev–Trinajstić information content (AvgIpc) is 2.39. The van der Waals surface area contributed by atoms with Crippen LogP contribution >= 0.6 is 0 Å². The van der Waals surface area contributed by atoms with Crippen LogP contribution in [0.25, 0.3) is 0 Å². The summed E-state index contributed by atoms with van der Waals surface area (Å²) in [6, 6.07) is 8.72. The van der Waals surface area contributed by atoms with Gasteiger partial charge < -0.3 is 14.8 Å². The number of hydrogen-bond acceptors (Lipinski definition) is 5. The van der Waals surface area contributed by atoms with Gasteiger partial charge in [-0.2, -0.15) is 5.26 Å². The van der Waals surface area contributed by atoms with Gasteiger partial charge in [0, 0.05) is 0 Å². The van der Waals surface area contributed by atoms with Gasteiger partial charge in [-0.3, -0.25) is 9.59 Å². The number of hydrogen-bond donors (Lipinski definition) is 1. The number of nitrogens with one attached hydrogen (secondary N) is 1. The van der Waals surface area contributed by atoms with Crippen molar-refractivity contribution in [2.24, 2.45) is 0 Å². The highest BCUT2D eigenvalue weighted by molar-refractivity contribution is 5.99. The van der Waals surface area contributed by atoms with Gasteiger partial charge in [-0.05, 0) is 19.1 Å². The Hall–Kier alpha value is -2.55. The molecule has 1 aliphatic heterocycles. The van der Waals surface area contributed by atoms with Crippen molar-refractivity contribution in [2.45, 2.75) is 25.6 Å². The molecule has 2 rings (SSSR count). The molecule has 2 atom stereocenters. The van der Waals surface area contributed by atoms with E-state index in [1.165, 1.54) is 6.92 Å². The number of nitriles is 1. The number of amides is 1. The third-order valence-electron chi connectivity index (χ3n) is 2.55. The maximum atomic E-state index is 11.7. The zero-order valence-electron chi connectivity index (χ0n) is 10.3. The number of rotatable bonds is 3. The number of ether oxygens (including phenoxy) is 2. The van der Waals surface area contributed by atoms with Gasteiger partial charge in [-0.15, -0.1) is 0 Å². The topological polar surface area (TPSA) is 88.4 Å². The van der Waals surface area contributed by atoms with Crippen LogP contribution in [0.4, 0.5) is 5.69 Å². The summed E-state index contributed by atoms with van der Waals surface area (Å²) < 4.78 is 10.2. The average molecular weight is 260 g/mol. The zero-order chi connectivity index (χ0) is 13.8. The minimum Gasteiger partial charge on any atom is -0.478 e. The largest absolute Gasteiger partial charge is 0.478 e. The molecule has 6 nitrogen and oxygen atoms in total. The van der Waals surface area contributed by atoms with Crippen molar-refractivity contribution in [2.75, 3.05) is 5.32 Å². The van der Waals surface area contributed by atoms with Crippen molar-refractivity contribution in [3.05, 3.63) is 24.3 Å². The molecule has 0 bridgehead atoms. The molecule has 6 heteroatoms. The quantitative estimate of drug-likeness (QED) is 0.826. The zero-order valence-corrected chi connectivity index (χ0v) is 10.3. The molecule has 0 spiro atoms. The molecule has 0 aliphatic carbocycles. The summed E-state index contributed by atoms with van der Waals surface area (Å²) in [5.74, 6) is -0.540. The Morgan fingerprint density at radius 2 is 2.32 bits per heavy atom. The number of para-hydroxylation sites is 2. The van der Waals surface area contributed by atoms with Crippen molar-refractivity contribution in [1.29, 1.82) is 5.26 Å². The highest BCUT2D eigenvalue weighted by Gasteiger charge is 2.30. The number of carbonyl (C=O) groups excluding carboxylic acids is 2. The predicted octanol–water partition coefficient (Wildman–Crippen LogP) is 1.23. The summed E-state index contributed by atoms with van der Waals surface area (Å²) in [7, 11) is 0. The third kappa shape index (κ3) is 3.01. The normalized spacial score (nSPS) is 18.3. The summed E-state index contributed by atoms with van der Waals surface area (Å²) >= 11 is 0. The van der Waals surface area contributed by atoms with Crippen molar-refractivity contribution < 1.29 is 19.1 Å². The minimum absolute atomic E-state index is 0.230. The summed E-state index contributed by atoms with van der Waals surface area (Å²) in [4.78, 5) is 23.2. The van der Waals surface area contributed by atoms with E-state index in [2.05, 4.69) is 5.32 Å². The lowest BCUT2D eigenvalue weighted by Gasteiger charge is -2.25. The molecule has 0 saturated carbocycles. The Morgan fingerprint density at radius 1 is 1.58 bits per heavy atom. The lowest BCUT2D eigenvalue weighted by molar-refractivity contribution is -0.149. The van der Waals surface area contributed by atoms with E-state index in [4.69, 9.17) is 14.7 Å². The highest BCUT2D eigenvalue weighted by Crippen LogP contribution is 2.29. The molecule has 19 heavy (non-hydrogen) atoms. The van der Waals surface area contributed by atoms with Crippen LogP contribution in [-0.2, 0) is 14.3 Å².